The van der Waals surface area contributed by atoms with Gasteiger partial charge in [0, 0.05) is 21.9 Å². The lowest BCUT2D eigenvalue weighted by atomic mass is 10.1. The van der Waals surface area contributed by atoms with Gasteiger partial charge in [-0.2, -0.15) is 0 Å². The molecule has 0 unspecified atom stereocenters. The smallest absolute Gasteiger partial charge is 0.355 e. The Hall–Kier alpha value is -3.27. The molecule has 0 atom stereocenters. The van der Waals surface area contributed by atoms with Crippen LogP contribution in [0.15, 0.2) is 83.1 Å². The molecule has 0 amide bonds. The van der Waals surface area contributed by atoms with Crippen molar-refractivity contribution in [3.05, 3.63) is 88.2 Å². The van der Waals surface area contributed by atoms with Crippen molar-refractivity contribution in [3.8, 4) is 0 Å². The summed E-state index contributed by atoms with van der Waals surface area (Å²) in [5.74, 6) is -1.51. The van der Waals surface area contributed by atoms with Crippen LogP contribution in [0.1, 0.15) is 0 Å². The fourth-order valence-corrected chi connectivity index (χ4v) is 4.54. The highest BCUT2D eigenvalue weighted by molar-refractivity contribution is 7.92. The average Bonchev–Trinajstić information content (AvgIpc) is 3.00. The predicted molar refractivity (Wildman–Crippen MR) is 126 cm³/mol. The van der Waals surface area contributed by atoms with Crippen LogP contribution in [0.25, 0.3) is 0 Å². The first-order chi connectivity index (χ1) is 15.7. The number of nitrogens with one attached hydrogen (secondary N) is 1. The number of hydrogen-bond donors (Lipinski definition) is 1. The number of anilines is 2. The fraction of sp³-hybridized carbons (Fsp3) is 0.0909. The number of esters is 2. The summed E-state index contributed by atoms with van der Waals surface area (Å²) in [6.07, 6.45) is 6.13. The van der Waals surface area contributed by atoms with E-state index in [0.717, 1.165) is 0 Å². The van der Waals surface area contributed by atoms with Gasteiger partial charge in [-0.05, 0) is 54.6 Å². The van der Waals surface area contributed by atoms with Gasteiger partial charge in [0.2, 0.25) is 0 Å². The third kappa shape index (κ3) is 5.57. The molecule has 0 fully saturated rings. The number of ether oxygens (including phenoxy) is 2. The molecule has 2 aromatic carbocycles. The van der Waals surface area contributed by atoms with Crippen LogP contribution in [0.2, 0.25) is 10.0 Å². The summed E-state index contributed by atoms with van der Waals surface area (Å²) in [4.78, 5) is 26.1. The van der Waals surface area contributed by atoms with Crippen LogP contribution in [0.5, 0.6) is 0 Å². The van der Waals surface area contributed by atoms with E-state index in [9.17, 15) is 18.0 Å². The minimum Gasteiger partial charge on any atom is -0.465 e. The van der Waals surface area contributed by atoms with Gasteiger partial charge >= 0.3 is 11.9 Å². The van der Waals surface area contributed by atoms with E-state index in [1.54, 1.807) is 12.2 Å². The van der Waals surface area contributed by atoms with E-state index >= 15 is 0 Å². The van der Waals surface area contributed by atoms with E-state index in [0.29, 0.717) is 5.69 Å². The zero-order valence-electron chi connectivity index (χ0n) is 17.4. The Bertz CT molecular complexity index is 1260. The first-order valence-electron chi connectivity index (χ1n) is 9.30. The summed E-state index contributed by atoms with van der Waals surface area (Å²) in [5.41, 5.74) is 0.500. The molecule has 0 radical (unpaired) electrons. The normalized spacial score (nSPS) is 13.5. The quantitative estimate of drug-likeness (QED) is 0.580. The summed E-state index contributed by atoms with van der Waals surface area (Å²) >= 11 is 11.9. The Morgan fingerprint density at radius 3 is 2.09 bits per heavy atom. The number of halogens is 2. The predicted octanol–water partition coefficient (Wildman–Crippen LogP) is 4.28. The van der Waals surface area contributed by atoms with E-state index in [-0.39, 0.29) is 31.9 Å². The minimum atomic E-state index is -3.96. The Morgan fingerprint density at radius 2 is 1.52 bits per heavy atom. The molecular formula is C22H18Cl2N2O6S. The lowest BCUT2D eigenvalue weighted by Crippen LogP contribution is -2.27. The molecule has 8 nitrogen and oxygen atoms in total. The molecule has 1 aliphatic heterocycles. The monoisotopic (exact) mass is 508 g/mol. The van der Waals surface area contributed by atoms with E-state index < -0.39 is 22.0 Å². The second-order valence-electron chi connectivity index (χ2n) is 6.57. The average molecular weight is 509 g/mol. The van der Waals surface area contributed by atoms with Crippen LogP contribution in [0.3, 0.4) is 0 Å². The molecule has 0 bridgehead atoms. The summed E-state index contributed by atoms with van der Waals surface area (Å²) < 4.78 is 37.6. The highest BCUT2D eigenvalue weighted by Gasteiger charge is 2.27. The molecule has 0 aliphatic carbocycles. The van der Waals surface area contributed by atoms with Crippen LogP contribution in [-0.2, 0) is 29.1 Å². The number of sulfonamides is 1. The van der Waals surface area contributed by atoms with Gasteiger partial charge in [-0.1, -0.05) is 29.3 Å². The summed E-state index contributed by atoms with van der Waals surface area (Å²) in [7, 11) is -1.58. The molecule has 11 heteroatoms. The largest absolute Gasteiger partial charge is 0.465 e. The molecule has 3 rings (SSSR count). The highest BCUT2D eigenvalue weighted by atomic mass is 35.5. The van der Waals surface area contributed by atoms with Gasteiger partial charge in [0.25, 0.3) is 10.0 Å². The van der Waals surface area contributed by atoms with Gasteiger partial charge in [-0.15, -0.1) is 0 Å². The highest BCUT2D eigenvalue weighted by Crippen LogP contribution is 2.29. The minimum absolute atomic E-state index is 0.0226. The standard InChI is InChI=1S/C22H18Cl2N2O6S/c1-31-21(27)19-5-3-4-10-26(20(19)22(28)32-2)17-6-8-18(9-7-17)33(29,30)25-16-12-14(23)11-15(24)13-16/h3-13,25H,1-2H3. The molecule has 0 saturated carbocycles. The van der Waals surface area contributed by atoms with Crippen LogP contribution in [-0.4, -0.2) is 34.6 Å². The maximum Gasteiger partial charge on any atom is 0.355 e. The van der Waals surface area contributed by atoms with Gasteiger partial charge in [0.15, 0.2) is 0 Å². The van der Waals surface area contributed by atoms with Crippen LogP contribution < -0.4 is 9.62 Å². The third-order valence-corrected chi connectivity index (χ3v) is 6.26. The molecule has 2 aromatic rings. The van der Waals surface area contributed by atoms with E-state index in [4.69, 9.17) is 32.7 Å². The maximum atomic E-state index is 12.8. The Labute approximate surface area is 200 Å². The van der Waals surface area contributed by atoms with Crippen LogP contribution >= 0.6 is 23.2 Å². The first kappa shape index (κ1) is 24.4. The summed E-state index contributed by atoms with van der Waals surface area (Å²) in [6, 6.07) is 9.99. The Kier molecular flexibility index (Phi) is 7.47. The van der Waals surface area contributed by atoms with Crippen molar-refractivity contribution < 1.29 is 27.5 Å². The second kappa shape index (κ2) is 10.1. The topological polar surface area (TPSA) is 102 Å². The van der Waals surface area contributed by atoms with Crippen molar-refractivity contribution in [3.63, 3.8) is 0 Å². The van der Waals surface area contributed by atoms with Crippen molar-refractivity contribution in [2.24, 2.45) is 0 Å². The zero-order valence-corrected chi connectivity index (χ0v) is 19.7. The van der Waals surface area contributed by atoms with E-state index in [1.165, 1.54) is 73.9 Å². The summed E-state index contributed by atoms with van der Waals surface area (Å²) in [6.45, 7) is 0. The van der Waals surface area contributed by atoms with Gasteiger partial charge in [0.05, 0.1) is 30.4 Å². The SMILES string of the molecule is COC(=O)C1=C(C(=O)OC)N(c2ccc(S(=O)(=O)Nc3cc(Cl)cc(Cl)c3)cc2)C=CC=C1. The third-order valence-electron chi connectivity index (χ3n) is 4.43. The van der Waals surface area contributed by atoms with Crippen molar-refractivity contribution in [1.82, 2.24) is 0 Å². The van der Waals surface area contributed by atoms with Crippen LogP contribution in [0, 0.1) is 0 Å². The lowest BCUT2D eigenvalue weighted by molar-refractivity contribution is -0.139. The van der Waals surface area contributed by atoms with Gasteiger partial charge in [-0.25, -0.2) is 18.0 Å². The van der Waals surface area contributed by atoms with Crippen molar-refractivity contribution in [2.75, 3.05) is 23.8 Å². The number of hydrogen-bond acceptors (Lipinski definition) is 7. The molecule has 1 N–H and O–H groups in total. The Balaban J connectivity index is 1.98. The van der Waals surface area contributed by atoms with Crippen LogP contribution in [0.4, 0.5) is 11.4 Å². The van der Waals surface area contributed by atoms with Gasteiger partial charge in [0.1, 0.15) is 5.70 Å². The van der Waals surface area contributed by atoms with Gasteiger partial charge < -0.3 is 14.4 Å². The molecule has 172 valence electrons. The number of carbonyl (C=O) groups is 2. The molecule has 1 aliphatic rings. The molecule has 1 heterocycles. The number of rotatable bonds is 6. The molecular weight excluding hydrogens is 491 g/mol. The second-order valence-corrected chi connectivity index (χ2v) is 9.13. The number of allylic oxidation sites excluding steroid dienone is 2. The number of methoxy groups -OCH3 is 2. The van der Waals surface area contributed by atoms with E-state index in [1.807, 2.05) is 0 Å². The molecule has 0 saturated heterocycles. The number of benzene rings is 2. The zero-order chi connectivity index (χ0) is 24.2. The van der Waals surface area contributed by atoms with Crippen molar-refractivity contribution in [1.29, 1.82) is 0 Å². The fourth-order valence-electron chi connectivity index (χ4n) is 2.98. The van der Waals surface area contributed by atoms with E-state index in [2.05, 4.69) is 4.72 Å². The molecule has 0 aromatic heterocycles. The number of nitrogens with zero attached hydrogens (tertiary/aromatic N) is 1. The van der Waals surface area contributed by atoms with Gasteiger partial charge in [-0.3, -0.25) is 4.72 Å². The lowest BCUT2D eigenvalue weighted by Gasteiger charge is -2.23. The number of carbonyl (C=O) groups excluding carboxylic acids is 2. The Morgan fingerprint density at radius 1 is 0.909 bits per heavy atom. The first-order valence-corrected chi connectivity index (χ1v) is 11.5. The molecule has 33 heavy (non-hydrogen) atoms. The van der Waals surface area contributed by atoms with Crippen molar-refractivity contribution >= 4 is 56.5 Å². The maximum absolute atomic E-state index is 12.8. The summed E-state index contributed by atoms with van der Waals surface area (Å²) in [5, 5.41) is 0.557. The molecule has 0 spiro atoms. The van der Waals surface area contributed by atoms with Crippen molar-refractivity contribution in [2.45, 2.75) is 4.90 Å².